The van der Waals surface area contributed by atoms with Gasteiger partial charge in [0.1, 0.15) is 17.6 Å². The number of aliphatic hydroxyl groups is 1. The van der Waals surface area contributed by atoms with Gasteiger partial charge in [-0.15, -0.1) is 0 Å². The van der Waals surface area contributed by atoms with Crippen LogP contribution in [0, 0.1) is 5.82 Å². The second kappa shape index (κ2) is 7.96. The predicted molar refractivity (Wildman–Crippen MR) is 118 cm³/mol. The molecule has 0 aromatic heterocycles. The molecule has 0 saturated carbocycles. The second-order valence-electron chi connectivity index (χ2n) is 7.22. The van der Waals surface area contributed by atoms with Gasteiger partial charge in [-0.2, -0.15) is 4.72 Å². The molecule has 1 atom stereocenters. The average Bonchev–Trinajstić information content (AvgIpc) is 3.06. The average molecular weight is 461 g/mol. The van der Waals surface area contributed by atoms with E-state index in [2.05, 4.69) is 11.3 Å². The van der Waals surface area contributed by atoms with Gasteiger partial charge in [0.15, 0.2) is 0 Å². The van der Waals surface area contributed by atoms with Crippen molar-refractivity contribution in [3.8, 4) is 0 Å². The number of halogens is 2. The van der Waals surface area contributed by atoms with E-state index >= 15 is 0 Å². The van der Waals surface area contributed by atoms with Gasteiger partial charge < -0.3 is 10.0 Å². The van der Waals surface area contributed by atoms with Crippen molar-refractivity contribution in [2.24, 2.45) is 0 Å². The summed E-state index contributed by atoms with van der Waals surface area (Å²) >= 11 is 5.96. The maximum atomic E-state index is 14.4. The summed E-state index contributed by atoms with van der Waals surface area (Å²) in [5, 5.41) is 11.4. The molecule has 2 N–H and O–H groups in total. The Balaban J connectivity index is 1.55. The first-order valence-electron chi connectivity index (χ1n) is 9.36. The molecule has 0 aliphatic carbocycles. The number of fused-ring (bicyclic) bond motifs is 1. The highest BCUT2D eigenvalue weighted by molar-refractivity contribution is 7.89. The first kappa shape index (κ1) is 21.3. The zero-order valence-electron chi connectivity index (χ0n) is 16.2. The molecule has 31 heavy (non-hydrogen) atoms. The monoisotopic (exact) mass is 460 g/mol. The van der Waals surface area contributed by atoms with E-state index in [1.165, 1.54) is 29.2 Å². The lowest BCUT2D eigenvalue weighted by Gasteiger charge is -2.18. The molecule has 1 heterocycles. The smallest absolute Gasteiger partial charge is 0.245 e. The number of nitrogens with one attached hydrogen (secondary N) is 1. The van der Waals surface area contributed by atoms with Crippen LogP contribution in [-0.2, 0) is 14.8 Å². The Hall–Kier alpha value is -2.94. The van der Waals surface area contributed by atoms with E-state index in [0.29, 0.717) is 10.4 Å². The number of hydrogen-bond acceptors (Lipinski definition) is 4. The van der Waals surface area contributed by atoms with E-state index in [9.17, 15) is 22.7 Å². The molecule has 0 bridgehead atoms. The van der Waals surface area contributed by atoms with E-state index in [-0.39, 0.29) is 34.9 Å². The molecule has 0 spiro atoms. The van der Waals surface area contributed by atoms with Crippen LogP contribution in [0.1, 0.15) is 12.0 Å². The zero-order chi connectivity index (χ0) is 22.3. The highest BCUT2D eigenvalue weighted by Gasteiger charge is 2.36. The van der Waals surface area contributed by atoms with Crippen LogP contribution in [0.2, 0.25) is 5.02 Å². The highest BCUT2D eigenvalue weighted by Crippen LogP contribution is 2.28. The summed E-state index contributed by atoms with van der Waals surface area (Å²) in [6.07, 6.45) is 0.190. The van der Waals surface area contributed by atoms with Crippen molar-refractivity contribution in [3.63, 3.8) is 0 Å². The molecule has 1 aliphatic heterocycles. The number of amides is 1. The molecule has 3 aromatic carbocycles. The minimum absolute atomic E-state index is 0.0132. The van der Waals surface area contributed by atoms with Gasteiger partial charge in [-0.1, -0.05) is 30.3 Å². The SMILES string of the molecule is C=C(O)c1ccc(N2CCC(NS(=O)(=O)c3ccc4cc(Cl)ccc4c3)C2=O)c(F)c1. The van der Waals surface area contributed by atoms with Crippen LogP contribution in [0.15, 0.2) is 66.1 Å². The Bertz CT molecular complexity index is 1330. The molecule has 160 valence electrons. The zero-order valence-corrected chi connectivity index (χ0v) is 17.8. The normalized spacial score (nSPS) is 16.8. The number of anilines is 1. The van der Waals surface area contributed by atoms with Gasteiger partial charge in [-0.25, -0.2) is 12.8 Å². The summed E-state index contributed by atoms with van der Waals surface area (Å²) in [4.78, 5) is 14.0. The fourth-order valence-electron chi connectivity index (χ4n) is 3.55. The van der Waals surface area contributed by atoms with Gasteiger partial charge in [0.25, 0.3) is 0 Å². The minimum atomic E-state index is -3.98. The van der Waals surface area contributed by atoms with Gasteiger partial charge in [-0.3, -0.25) is 4.79 Å². The lowest BCUT2D eigenvalue weighted by atomic mass is 10.1. The van der Waals surface area contributed by atoms with Crippen LogP contribution in [0.25, 0.3) is 16.5 Å². The van der Waals surface area contributed by atoms with Crippen LogP contribution in [0.4, 0.5) is 10.1 Å². The number of carbonyl (C=O) groups excluding carboxylic acids is 1. The molecule has 6 nitrogen and oxygen atoms in total. The van der Waals surface area contributed by atoms with Crippen molar-refractivity contribution in [1.29, 1.82) is 0 Å². The fourth-order valence-corrected chi connectivity index (χ4v) is 4.99. The standard InChI is InChI=1S/C22H18ClFN2O4S/c1-13(27)14-4-7-21(19(24)12-14)26-9-8-20(22(26)28)25-31(29,30)18-6-3-15-10-17(23)5-2-16(15)11-18/h2-7,10-12,20,25,27H,1,8-9H2. The van der Waals surface area contributed by atoms with Crippen molar-refractivity contribution in [3.05, 3.63) is 77.6 Å². The Labute approximate surface area is 183 Å². The van der Waals surface area contributed by atoms with E-state index in [1.807, 2.05) is 0 Å². The lowest BCUT2D eigenvalue weighted by Crippen LogP contribution is -2.41. The summed E-state index contributed by atoms with van der Waals surface area (Å²) in [5.41, 5.74) is 0.210. The largest absolute Gasteiger partial charge is 0.508 e. The van der Waals surface area contributed by atoms with E-state index in [4.69, 9.17) is 11.6 Å². The number of rotatable bonds is 5. The first-order valence-corrected chi connectivity index (χ1v) is 11.2. The third-order valence-corrected chi connectivity index (χ3v) is 6.86. The van der Waals surface area contributed by atoms with Crippen molar-refractivity contribution >= 4 is 49.8 Å². The van der Waals surface area contributed by atoms with Crippen LogP contribution in [0.5, 0.6) is 0 Å². The molecule has 9 heteroatoms. The van der Waals surface area contributed by atoms with Crippen molar-refractivity contribution < 1.29 is 22.7 Å². The molecule has 0 radical (unpaired) electrons. The van der Waals surface area contributed by atoms with Gasteiger partial charge in [0.2, 0.25) is 15.9 Å². The van der Waals surface area contributed by atoms with E-state index in [0.717, 1.165) is 11.5 Å². The number of aliphatic hydroxyl groups excluding tert-OH is 1. The van der Waals surface area contributed by atoms with E-state index in [1.54, 1.807) is 24.3 Å². The Morgan fingerprint density at radius 1 is 1.13 bits per heavy atom. The van der Waals surface area contributed by atoms with Crippen molar-refractivity contribution in [2.75, 3.05) is 11.4 Å². The van der Waals surface area contributed by atoms with Crippen LogP contribution in [0.3, 0.4) is 0 Å². The fraction of sp³-hybridized carbons (Fsp3) is 0.136. The summed E-state index contributed by atoms with van der Waals surface area (Å²) in [6.45, 7) is 3.49. The van der Waals surface area contributed by atoms with Crippen molar-refractivity contribution in [2.45, 2.75) is 17.4 Å². The second-order valence-corrected chi connectivity index (χ2v) is 9.37. The Morgan fingerprint density at radius 3 is 2.55 bits per heavy atom. The first-order chi connectivity index (χ1) is 14.7. The number of carbonyl (C=O) groups is 1. The summed E-state index contributed by atoms with van der Waals surface area (Å²) in [6, 6.07) is 12.5. The maximum absolute atomic E-state index is 14.4. The quantitative estimate of drug-likeness (QED) is 0.557. The van der Waals surface area contributed by atoms with Gasteiger partial charge in [0.05, 0.1) is 10.6 Å². The topological polar surface area (TPSA) is 86.7 Å². The molecule has 1 saturated heterocycles. The van der Waals surface area contributed by atoms with Gasteiger partial charge in [0, 0.05) is 17.1 Å². The number of sulfonamides is 1. The molecular weight excluding hydrogens is 443 g/mol. The molecule has 4 rings (SSSR count). The molecule has 1 unspecified atom stereocenters. The number of hydrogen-bond donors (Lipinski definition) is 2. The number of benzene rings is 3. The third kappa shape index (κ3) is 4.14. The lowest BCUT2D eigenvalue weighted by molar-refractivity contribution is -0.118. The highest BCUT2D eigenvalue weighted by atomic mass is 35.5. The number of nitrogens with zero attached hydrogens (tertiary/aromatic N) is 1. The van der Waals surface area contributed by atoms with E-state index < -0.39 is 27.8 Å². The Kier molecular flexibility index (Phi) is 5.47. The molecule has 1 fully saturated rings. The third-order valence-electron chi connectivity index (χ3n) is 5.16. The van der Waals surface area contributed by atoms with Gasteiger partial charge >= 0.3 is 0 Å². The minimum Gasteiger partial charge on any atom is -0.508 e. The molecule has 1 aliphatic rings. The summed E-state index contributed by atoms with van der Waals surface area (Å²) < 4.78 is 42.6. The van der Waals surface area contributed by atoms with Gasteiger partial charge in [-0.05, 0) is 59.7 Å². The van der Waals surface area contributed by atoms with Crippen LogP contribution >= 0.6 is 11.6 Å². The van der Waals surface area contributed by atoms with Crippen LogP contribution in [-0.4, -0.2) is 32.0 Å². The summed E-state index contributed by atoms with van der Waals surface area (Å²) in [5.74, 6) is -1.55. The Morgan fingerprint density at radius 2 is 1.84 bits per heavy atom. The molecule has 3 aromatic rings. The summed E-state index contributed by atoms with van der Waals surface area (Å²) in [7, 11) is -3.98. The van der Waals surface area contributed by atoms with Crippen molar-refractivity contribution in [1.82, 2.24) is 4.72 Å². The maximum Gasteiger partial charge on any atom is 0.245 e. The molecular formula is C22H18ClFN2O4S. The predicted octanol–water partition coefficient (Wildman–Crippen LogP) is 4.24. The molecule has 1 amide bonds. The van der Waals surface area contributed by atoms with Crippen LogP contribution < -0.4 is 9.62 Å².